The van der Waals surface area contributed by atoms with Gasteiger partial charge in [-0.15, -0.1) is 0 Å². The van der Waals surface area contributed by atoms with Crippen molar-refractivity contribution in [1.82, 2.24) is 0 Å². The zero-order valence-corrected chi connectivity index (χ0v) is 10.4. The van der Waals surface area contributed by atoms with E-state index in [2.05, 4.69) is 0 Å². The van der Waals surface area contributed by atoms with Crippen LogP contribution in [-0.4, -0.2) is 6.61 Å². The molecule has 2 nitrogen and oxygen atoms in total. The molecule has 0 spiro atoms. The number of rotatable bonds is 4. The van der Waals surface area contributed by atoms with Gasteiger partial charge in [0.15, 0.2) is 0 Å². The van der Waals surface area contributed by atoms with E-state index in [0.29, 0.717) is 16.3 Å². The molecule has 4 heteroatoms. The molecule has 0 saturated heterocycles. The molecule has 0 aliphatic carbocycles. The van der Waals surface area contributed by atoms with Gasteiger partial charge >= 0.3 is 0 Å². The fourth-order valence-electron chi connectivity index (χ4n) is 1.59. The summed E-state index contributed by atoms with van der Waals surface area (Å²) in [6.45, 7) is 0.211. The van der Waals surface area contributed by atoms with Crippen LogP contribution in [0.1, 0.15) is 11.6 Å². The molecule has 1 unspecified atom stereocenters. The van der Waals surface area contributed by atoms with Gasteiger partial charge in [0.05, 0.1) is 6.04 Å². The maximum absolute atomic E-state index is 13.6. The Morgan fingerprint density at radius 3 is 2.56 bits per heavy atom. The van der Waals surface area contributed by atoms with E-state index in [1.54, 1.807) is 12.1 Å². The van der Waals surface area contributed by atoms with Crippen LogP contribution in [0.5, 0.6) is 5.75 Å². The van der Waals surface area contributed by atoms with E-state index < -0.39 is 11.9 Å². The Morgan fingerprint density at radius 2 is 1.89 bits per heavy atom. The fraction of sp³-hybridized carbons (Fsp3) is 0.143. The molecular formula is C14H13ClFNO. The van der Waals surface area contributed by atoms with Crippen molar-refractivity contribution < 1.29 is 9.13 Å². The van der Waals surface area contributed by atoms with Gasteiger partial charge in [-0.1, -0.05) is 35.9 Å². The van der Waals surface area contributed by atoms with Gasteiger partial charge in [-0.25, -0.2) is 4.39 Å². The van der Waals surface area contributed by atoms with E-state index in [-0.39, 0.29) is 6.61 Å². The number of hydrogen-bond donors (Lipinski definition) is 1. The van der Waals surface area contributed by atoms with Gasteiger partial charge in [-0.3, -0.25) is 0 Å². The van der Waals surface area contributed by atoms with Crippen LogP contribution < -0.4 is 10.5 Å². The molecule has 0 fully saturated rings. The lowest BCUT2D eigenvalue weighted by atomic mass is 10.1. The zero-order valence-electron chi connectivity index (χ0n) is 9.64. The van der Waals surface area contributed by atoms with Gasteiger partial charge in [-0.05, 0) is 24.3 Å². The van der Waals surface area contributed by atoms with E-state index in [1.165, 1.54) is 6.07 Å². The zero-order chi connectivity index (χ0) is 13.0. The van der Waals surface area contributed by atoms with Crippen molar-refractivity contribution in [3.05, 3.63) is 64.9 Å². The molecule has 0 aromatic heterocycles. The molecule has 1 atom stereocenters. The number of para-hydroxylation sites is 1. The molecule has 94 valence electrons. The second-order valence-corrected chi connectivity index (χ2v) is 4.33. The predicted molar refractivity (Wildman–Crippen MR) is 70.3 cm³/mol. The normalized spacial score (nSPS) is 12.2. The summed E-state index contributed by atoms with van der Waals surface area (Å²) < 4.78 is 19.1. The lowest BCUT2D eigenvalue weighted by Crippen LogP contribution is -2.20. The van der Waals surface area contributed by atoms with Gasteiger partial charge in [0.1, 0.15) is 18.2 Å². The first-order chi connectivity index (χ1) is 8.66. The Kier molecular flexibility index (Phi) is 4.18. The molecule has 2 N–H and O–H groups in total. The number of hydrogen-bond acceptors (Lipinski definition) is 2. The Bertz CT molecular complexity index is 518. The maximum atomic E-state index is 13.6. The molecule has 0 bridgehead atoms. The molecule has 2 aromatic carbocycles. The van der Waals surface area contributed by atoms with E-state index in [4.69, 9.17) is 22.1 Å². The molecule has 0 amide bonds. The second-order valence-electron chi connectivity index (χ2n) is 3.90. The van der Waals surface area contributed by atoms with E-state index in [0.717, 1.165) is 0 Å². The van der Waals surface area contributed by atoms with Crippen molar-refractivity contribution in [2.45, 2.75) is 6.04 Å². The van der Waals surface area contributed by atoms with Crippen LogP contribution in [0, 0.1) is 5.82 Å². The van der Waals surface area contributed by atoms with Crippen LogP contribution in [0.4, 0.5) is 4.39 Å². The van der Waals surface area contributed by atoms with Gasteiger partial charge < -0.3 is 10.5 Å². The Morgan fingerprint density at radius 1 is 1.17 bits per heavy atom. The quantitative estimate of drug-likeness (QED) is 0.917. The van der Waals surface area contributed by atoms with Crippen molar-refractivity contribution in [2.24, 2.45) is 5.73 Å². The molecule has 0 aliphatic heterocycles. The lowest BCUT2D eigenvalue weighted by Gasteiger charge is -2.14. The Balaban J connectivity index is 2.01. The molecule has 0 heterocycles. The number of halogens is 2. The average molecular weight is 266 g/mol. The average Bonchev–Trinajstić information content (AvgIpc) is 2.37. The minimum Gasteiger partial charge on any atom is -0.492 e. The lowest BCUT2D eigenvalue weighted by molar-refractivity contribution is 0.288. The number of benzene rings is 2. The maximum Gasteiger partial charge on any atom is 0.129 e. The molecule has 0 aliphatic rings. The second kappa shape index (κ2) is 5.85. The fourth-order valence-corrected chi connectivity index (χ4v) is 1.75. The highest BCUT2D eigenvalue weighted by atomic mass is 35.5. The van der Waals surface area contributed by atoms with Crippen LogP contribution in [0.2, 0.25) is 5.02 Å². The van der Waals surface area contributed by atoms with Crippen molar-refractivity contribution in [3.8, 4) is 5.75 Å². The third-order valence-corrected chi connectivity index (χ3v) is 2.77. The molecule has 2 aromatic rings. The van der Waals surface area contributed by atoms with Gasteiger partial charge in [0.2, 0.25) is 0 Å². The van der Waals surface area contributed by atoms with E-state index in [9.17, 15) is 4.39 Å². The van der Waals surface area contributed by atoms with E-state index >= 15 is 0 Å². The molecular weight excluding hydrogens is 253 g/mol. The van der Waals surface area contributed by atoms with Crippen LogP contribution in [0.3, 0.4) is 0 Å². The van der Waals surface area contributed by atoms with Crippen molar-refractivity contribution in [3.63, 3.8) is 0 Å². The van der Waals surface area contributed by atoms with Crippen LogP contribution in [0.25, 0.3) is 0 Å². The van der Waals surface area contributed by atoms with Gasteiger partial charge in [-0.2, -0.15) is 0 Å². The topological polar surface area (TPSA) is 35.2 Å². The first-order valence-electron chi connectivity index (χ1n) is 5.55. The summed E-state index contributed by atoms with van der Waals surface area (Å²) in [6, 6.07) is 13.2. The third kappa shape index (κ3) is 3.22. The smallest absolute Gasteiger partial charge is 0.129 e. The summed E-state index contributed by atoms with van der Waals surface area (Å²) in [4.78, 5) is 0. The van der Waals surface area contributed by atoms with Gasteiger partial charge in [0, 0.05) is 10.6 Å². The predicted octanol–water partition coefficient (Wildman–Crippen LogP) is 3.56. The molecule has 0 saturated carbocycles. The van der Waals surface area contributed by atoms with Crippen molar-refractivity contribution in [2.75, 3.05) is 6.61 Å². The Hall–Kier alpha value is -1.58. The van der Waals surface area contributed by atoms with Crippen LogP contribution in [-0.2, 0) is 0 Å². The summed E-state index contributed by atoms with van der Waals surface area (Å²) in [5.41, 5.74) is 6.28. The number of ether oxygens (including phenoxy) is 1. The van der Waals surface area contributed by atoms with Crippen LogP contribution >= 0.6 is 11.6 Å². The first kappa shape index (κ1) is 12.9. The molecule has 18 heavy (non-hydrogen) atoms. The number of nitrogens with two attached hydrogens (primary N) is 1. The minimum atomic E-state index is -0.525. The van der Waals surface area contributed by atoms with Crippen molar-refractivity contribution >= 4 is 11.6 Å². The molecule has 0 radical (unpaired) electrons. The summed E-state index contributed by atoms with van der Waals surface area (Å²) in [7, 11) is 0. The van der Waals surface area contributed by atoms with Gasteiger partial charge in [0.25, 0.3) is 0 Å². The monoisotopic (exact) mass is 265 g/mol. The highest BCUT2D eigenvalue weighted by molar-refractivity contribution is 6.30. The minimum absolute atomic E-state index is 0.211. The largest absolute Gasteiger partial charge is 0.492 e. The molecule has 2 rings (SSSR count). The Labute approximate surface area is 110 Å². The SMILES string of the molecule is NC(COc1ccccc1)c1ccc(Cl)cc1F. The summed E-state index contributed by atoms with van der Waals surface area (Å²) >= 11 is 5.68. The highest BCUT2D eigenvalue weighted by Crippen LogP contribution is 2.20. The standard InChI is InChI=1S/C14H13ClFNO/c15-10-6-7-12(13(16)8-10)14(17)9-18-11-4-2-1-3-5-11/h1-8,14H,9,17H2. The summed E-state index contributed by atoms with van der Waals surface area (Å²) in [6.07, 6.45) is 0. The summed E-state index contributed by atoms with van der Waals surface area (Å²) in [5.74, 6) is 0.300. The van der Waals surface area contributed by atoms with Crippen LogP contribution in [0.15, 0.2) is 48.5 Å². The first-order valence-corrected chi connectivity index (χ1v) is 5.93. The van der Waals surface area contributed by atoms with Crippen molar-refractivity contribution in [1.29, 1.82) is 0 Å². The third-order valence-electron chi connectivity index (χ3n) is 2.53. The summed E-state index contributed by atoms with van der Waals surface area (Å²) in [5, 5.41) is 0.354. The highest BCUT2D eigenvalue weighted by Gasteiger charge is 2.12. The van der Waals surface area contributed by atoms with E-state index in [1.807, 2.05) is 30.3 Å².